The minimum Gasteiger partial charge on any atom is -0.488 e. The SMILES string of the molecule is O=C(C1CCCCC1)N1C[C@H]2C[C@@H](Oc3ccc(F)cc3)[C@H](O)C[C@H]2C1. The van der Waals surface area contributed by atoms with E-state index < -0.39 is 6.10 Å². The summed E-state index contributed by atoms with van der Waals surface area (Å²) in [5, 5.41) is 10.5. The van der Waals surface area contributed by atoms with Crippen LogP contribution in [0.5, 0.6) is 5.75 Å². The van der Waals surface area contributed by atoms with Crippen molar-refractivity contribution in [2.45, 2.75) is 57.2 Å². The van der Waals surface area contributed by atoms with Gasteiger partial charge in [0.2, 0.25) is 5.91 Å². The molecule has 4 rings (SSSR count). The summed E-state index contributed by atoms with van der Waals surface area (Å²) in [5.41, 5.74) is 0. The first-order valence-corrected chi connectivity index (χ1v) is 9.99. The minimum absolute atomic E-state index is 0.208. The number of aliphatic hydroxyl groups is 1. The summed E-state index contributed by atoms with van der Waals surface area (Å²) in [4.78, 5) is 14.9. The Morgan fingerprint density at radius 2 is 1.69 bits per heavy atom. The van der Waals surface area contributed by atoms with Crippen LogP contribution < -0.4 is 4.74 Å². The number of nitrogens with zero attached hydrogens (tertiary/aromatic N) is 1. The van der Waals surface area contributed by atoms with Crippen LogP contribution in [-0.2, 0) is 4.79 Å². The normalized spacial score (nSPS) is 32.3. The first-order chi connectivity index (χ1) is 12.6. The van der Waals surface area contributed by atoms with Crippen LogP contribution in [0.1, 0.15) is 44.9 Å². The van der Waals surface area contributed by atoms with E-state index in [-0.39, 0.29) is 17.8 Å². The van der Waals surface area contributed by atoms with Gasteiger partial charge in [0.1, 0.15) is 17.7 Å². The number of carbonyl (C=O) groups is 1. The van der Waals surface area contributed by atoms with Crippen LogP contribution in [0.25, 0.3) is 0 Å². The highest BCUT2D eigenvalue weighted by molar-refractivity contribution is 5.79. The van der Waals surface area contributed by atoms with Crippen molar-refractivity contribution in [1.82, 2.24) is 4.90 Å². The third kappa shape index (κ3) is 3.73. The molecule has 0 spiro atoms. The number of halogens is 1. The molecule has 2 saturated carbocycles. The summed E-state index contributed by atoms with van der Waals surface area (Å²) in [7, 11) is 0. The standard InChI is InChI=1S/C21H28FNO3/c22-17-6-8-18(9-7-17)26-20-11-16-13-23(12-15(16)10-19(20)24)21(25)14-4-2-1-3-5-14/h6-9,14-16,19-20,24H,1-5,10-13H2/t15-,16+,19+,20+/m0/s1. The van der Waals surface area contributed by atoms with Crippen LogP contribution in [0.2, 0.25) is 0 Å². The van der Waals surface area contributed by atoms with E-state index in [2.05, 4.69) is 0 Å². The number of aliphatic hydroxyl groups excluding tert-OH is 1. The van der Waals surface area contributed by atoms with Gasteiger partial charge in [0, 0.05) is 19.0 Å². The van der Waals surface area contributed by atoms with Gasteiger partial charge in [-0.3, -0.25) is 4.79 Å². The molecule has 0 unspecified atom stereocenters. The summed E-state index contributed by atoms with van der Waals surface area (Å²) < 4.78 is 19.0. The van der Waals surface area contributed by atoms with Crippen molar-refractivity contribution in [1.29, 1.82) is 0 Å². The van der Waals surface area contributed by atoms with Crippen molar-refractivity contribution >= 4 is 5.91 Å². The number of likely N-dealkylation sites (tertiary alicyclic amines) is 1. The number of amides is 1. The summed E-state index contributed by atoms with van der Waals surface area (Å²) in [6.45, 7) is 1.57. The zero-order valence-electron chi connectivity index (χ0n) is 15.1. The monoisotopic (exact) mass is 361 g/mol. The molecule has 3 fully saturated rings. The van der Waals surface area contributed by atoms with Crippen LogP contribution in [0, 0.1) is 23.6 Å². The minimum atomic E-state index is -0.536. The van der Waals surface area contributed by atoms with Gasteiger partial charge in [-0.2, -0.15) is 0 Å². The van der Waals surface area contributed by atoms with Gasteiger partial charge in [0.05, 0.1) is 6.10 Å². The van der Waals surface area contributed by atoms with E-state index in [1.54, 1.807) is 12.1 Å². The van der Waals surface area contributed by atoms with Gasteiger partial charge < -0.3 is 14.7 Å². The van der Waals surface area contributed by atoms with Crippen LogP contribution in [0.4, 0.5) is 4.39 Å². The molecule has 1 heterocycles. The van der Waals surface area contributed by atoms with E-state index >= 15 is 0 Å². The third-order valence-electron chi connectivity index (χ3n) is 6.45. The molecule has 1 aliphatic heterocycles. The summed E-state index contributed by atoms with van der Waals surface area (Å²) in [5.74, 6) is 1.57. The summed E-state index contributed by atoms with van der Waals surface area (Å²) in [6, 6.07) is 5.93. The van der Waals surface area contributed by atoms with Crippen molar-refractivity contribution in [2.75, 3.05) is 13.1 Å². The predicted octanol–water partition coefficient (Wildman–Crippen LogP) is 3.38. The third-order valence-corrected chi connectivity index (χ3v) is 6.45. The molecule has 1 aromatic carbocycles. The second-order valence-electron chi connectivity index (χ2n) is 8.25. The number of carbonyl (C=O) groups excluding carboxylic acids is 1. The number of ether oxygens (including phenoxy) is 1. The van der Waals surface area contributed by atoms with E-state index in [1.807, 2.05) is 4.90 Å². The summed E-state index contributed by atoms with van der Waals surface area (Å²) in [6.07, 6.45) is 6.25. The number of rotatable bonds is 3. The Hall–Kier alpha value is -1.62. The fourth-order valence-corrected chi connectivity index (χ4v) is 4.99. The zero-order valence-corrected chi connectivity index (χ0v) is 15.1. The van der Waals surface area contributed by atoms with Crippen LogP contribution in [-0.4, -0.2) is 41.2 Å². The largest absolute Gasteiger partial charge is 0.488 e. The average Bonchev–Trinajstić information content (AvgIpc) is 3.06. The van der Waals surface area contributed by atoms with Crippen molar-refractivity contribution in [3.8, 4) is 5.75 Å². The first kappa shape index (κ1) is 17.8. The molecule has 0 aromatic heterocycles. The second-order valence-corrected chi connectivity index (χ2v) is 8.25. The van der Waals surface area contributed by atoms with Gasteiger partial charge in [0.15, 0.2) is 0 Å². The van der Waals surface area contributed by atoms with Gasteiger partial charge in [0.25, 0.3) is 0 Å². The van der Waals surface area contributed by atoms with Gasteiger partial charge in [-0.15, -0.1) is 0 Å². The van der Waals surface area contributed by atoms with Crippen LogP contribution in [0.15, 0.2) is 24.3 Å². The maximum absolute atomic E-state index is 13.0. The second kappa shape index (κ2) is 7.55. The lowest BCUT2D eigenvalue weighted by molar-refractivity contribution is -0.135. The van der Waals surface area contributed by atoms with Crippen molar-refractivity contribution in [3.63, 3.8) is 0 Å². The Morgan fingerprint density at radius 1 is 1.04 bits per heavy atom. The molecule has 1 amide bonds. The van der Waals surface area contributed by atoms with Crippen LogP contribution in [0.3, 0.4) is 0 Å². The topological polar surface area (TPSA) is 49.8 Å². The van der Waals surface area contributed by atoms with E-state index in [0.717, 1.165) is 32.4 Å². The smallest absolute Gasteiger partial charge is 0.225 e. The number of benzene rings is 1. The Bertz CT molecular complexity index is 629. The molecule has 5 heteroatoms. The van der Waals surface area contributed by atoms with Crippen LogP contribution >= 0.6 is 0 Å². The number of fused-ring (bicyclic) bond motifs is 1. The zero-order chi connectivity index (χ0) is 18.1. The highest BCUT2D eigenvalue weighted by Gasteiger charge is 2.44. The van der Waals surface area contributed by atoms with E-state index in [9.17, 15) is 14.3 Å². The lowest BCUT2D eigenvalue weighted by Crippen LogP contribution is -2.42. The fourth-order valence-electron chi connectivity index (χ4n) is 4.99. The molecule has 1 aromatic rings. The van der Waals surface area contributed by atoms with Crippen molar-refractivity contribution < 1.29 is 19.0 Å². The maximum atomic E-state index is 13.0. The maximum Gasteiger partial charge on any atom is 0.225 e. The fraction of sp³-hybridized carbons (Fsp3) is 0.667. The molecule has 26 heavy (non-hydrogen) atoms. The van der Waals surface area contributed by atoms with E-state index in [4.69, 9.17) is 4.74 Å². The molecule has 0 radical (unpaired) electrons. The highest BCUT2D eigenvalue weighted by atomic mass is 19.1. The number of hydrogen-bond acceptors (Lipinski definition) is 3. The van der Waals surface area contributed by atoms with Gasteiger partial charge in [-0.25, -0.2) is 4.39 Å². The molecule has 0 bridgehead atoms. The van der Waals surface area contributed by atoms with Crippen molar-refractivity contribution in [2.24, 2.45) is 17.8 Å². The average molecular weight is 361 g/mol. The van der Waals surface area contributed by atoms with Gasteiger partial charge >= 0.3 is 0 Å². The molecule has 4 nitrogen and oxygen atoms in total. The Kier molecular flexibility index (Phi) is 5.16. The Labute approximate surface area is 154 Å². The quantitative estimate of drug-likeness (QED) is 0.898. The van der Waals surface area contributed by atoms with Gasteiger partial charge in [-0.1, -0.05) is 19.3 Å². The predicted molar refractivity (Wildman–Crippen MR) is 96.2 cm³/mol. The van der Waals surface area contributed by atoms with E-state index in [1.165, 1.54) is 31.4 Å². The lowest BCUT2D eigenvalue weighted by atomic mass is 9.78. The Morgan fingerprint density at radius 3 is 2.38 bits per heavy atom. The molecule has 4 atom stereocenters. The molecule has 2 aliphatic carbocycles. The van der Waals surface area contributed by atoms with Crippen molar-refractivity contribution in [3.05, 3.63) is 30.1 Å². The summed E-state index contributed by atoms with van der Waals surface area (Å²) >= 11 is 0. The molecule has 1 saturated heterocycles. The lowest BCUT2D eigenvalue weighted by Gasteiger charge is -2.35. The molecule has 3 aliphatic rings. The molecular formula is C21H28FNO3. The molecular weight excluding hydrogens is 333 g/mol. The Balaban J connectivity index is 1.37. The molecule has 142 valence electrons. The highest BCUT2D eigenvalue weighted by Crippen LogP contribution is 2.39. The first-order valence-electron chi connectivity index (χ1n) is 9.99. The van der Waals surface area contributed by atoms with Gasteiger partial charge in [-0.05, 0) is 61.8 Å². The molecule has 1 N–H and O–H groups in total. The number of hydrogen-bond donors (Lipinski definition) is 1. The van der Waals surface area contributed by atoms with E-state index in [0.29, 0.717) is 29.9 Å².